The van der Waals surface area contributed by atoms with E-state index in [4.69, 9.17) is 9.47 Å². The van der Waals surface area contributed by atoms with Crippen molar-refractivity contribution < 1.29 is 23.5 Å². The summed E-state index contributed by atoms with van der Waals surface area (Å²) in [6.07, 6.45) is 6.75. The number of alkyl carbamates (subject to hydrolysis) is 1. The lowest BCUT2D eigenvalue weighted by Crippen LogP contribution is -2.48. The first kappa shape index (κ1) is 32.4. The van der Waals surface area contributed by atoms with Crippen molar-refractivity contribution in [1.82, 2.24) is 24.7 Å². The summed E-state index contributed by atoms with van der Waals surface area (Å²) in [5, 5.41) is 6.15. The number of urea groups is 1. The zero-order chi connectivity index (χ0) is 32.0. The molecule has 242 valence electrons. The van der Waals surface area contributed by atoms with E-state index in [2.05, 4.69) is 26.6 Å². The van der Waals surface area contributed by atoms with Crippen LogP contribution in [0.4, 0.5) is 19.7 Å². The van der Waals surface area contributed by atoms with Gasteiger partial charge in [0.25, 0.3) is 0 Å². The molecule has 2 aliphatic heterocycles. The Morgan fingerprint density at radius 1 is 1.02 bits per heavy atom. The standard InChI is InChI=1S/C34H45FN6O4/c1-24-19-41(23-36-24)30-17-26(20-39-13-5-6-28(21-39)38-33(43)45-34(2,3)4)16-29(18-30)37-32(42)40-14-11-31(12-15-40)44-22-25-7-9-27(35)10-8-25/h7-10,16-19,23,28,31H,5-6,11-15,20-22H2,1-4H3,(H,37,42)(H,38,43)/t28-/m0/s1. The van der Waals surface area contributed by atoms with E-state index < -0.39 is 5.60 Å². The van der Waals surface area contributed by atoms with Crippen LogP contribution in [0, 0.1) is 12.7 Å². The van der Waals surface area contributed by atoms with E-state index in [9.17, 15) is 14.0 Å². The predicted molar refractivity (Wildman–Crippen MR) is 171 cm³/mol. The van der Waals surface area contributed by atoms with E-state index in [1.807, 2.05) is 55.5 Å². The van der Waals surface area contributed by atoms with Crippen LogP contribution in [0.5, 0.6) is 0 Å². The smallest absolute Gasteiger partial charge is 0.407 e. The Kier molecular flexibility index (Phi) is 10.4. The van der Waals surface area contributed by atoms with E-state index >= 15 is 0 Å². The third kappa shape index (κ3) is 9.76. The Balaban J connectivity index is 1.20. The average Bonchev–Trinajstić information content (AvgIpc) is 3.42. The normalized spacial score (nSPS) is 18.1. The topological polar surface area (TPSA) is 101 Å². The molecular formula is C34H45FN6O4. The van der Waals surface area contributed by atoms with Gasteiger partial charge in [0, 0.05) is 49.8 Å². The summed E-state index contributed by atoms with van der Waals surface area (Å²) in [5.41, 5.74) is 3.98. The second-order valence-corrected chi connectivity index (χ2v) is 13.1. The van der Waals surface area contributed by atoms with Crippen molar-refractivity contribution in [3.8, 4) is 5.69 Å². The number of anilines is 1. The first-order chi connectivity index (χ1) is 21.5. The highest BCUT2D eigenvalue weighted by molar-refractivity contribution is 5.90. The minimum absolute atomic E-state index is 0.00912. The summed E-state index contributed by atoms with van der Waals surface area (Å²) in [6.45, 7) is 11.4. The van der Waals surface area contributed by atoms with Crippen LogP contribution in [0.1, 0.15) is 63.3 Å². The summed E-state index contributed by atoms with van der Waals surface area (Å²) in [5.74, 6) is -0.261. The number of rotatable bonds is 8. The molecular weight excluding hydrogens is 575 g/mol. The van der Waals surface area contributed by atoms with Crippen molar-refractivity contribution in [2.45, 2.75) is 84.3 Å². The van der Waals surface area contributed by atoms with Crippen molar-refractivity contribution >= 4 is 17.8 Å². The molecule has 0 aliphatic carbocycles. The molecule has 2 aromatic carbocycles. The quantitative estimate of drug-likeness (QED) is 0.319. The number of nitrogens with one attached hydrogen (secondary N) is 2. The molecule has 0 spiro atoms. The molecule has 0 radical (unpaired) electrons. The number of benzene rings is 2. The summed E-state index contributed by atoms with van der Waals surface area (Å²) >= 11 is 0. The predicted octanol–water partition coefficient (Wildman–Crippen LogP) is 6.02. The number of imidazole rings is 1. The lowest BCUT2D eigenvalue weighted by atomic mass is 10.0. The molecule has 3 amide bonds. The first-order valence-electron chi connectivity index (χ1n) is 15.8. The van der Waals surface area contributed by atoms with Crippen LogP contribution in [0.25, 0.3) is 5.69 Å². The second-order valence-electron chi connectivity index (χ2n) is 13.1. The van der Waals surface area contributed by atoms with Crippen LogP contribution in [0.3, 0.4) is 0 Å². The van der Waals surface area contributed by atoms with Gasteiger partial charge in [-0.2, -0.15) is 0 Å². The summed E-state index contributed by atoms with van der Waals surface area (Å²) in [6, 6.07) is 12.3. The Bertz CT molecular complexity index is 1450. The van der Waals surface area contributed by atoms with Crippen LogP contribution in [-0.2, 0) is 22.6 Å². The molecule has 3 aromatic rings. The molecule has 0 unspecified atom stereocenters. The first-order valence-corrected chi connectivity index (χ1v) is 15.8. The molecule has 1 atom stereocenters. The molecule has 0 saturated carbocycles. The molecule has 1 aromatic heterocycles. The largest absolute Gasteiger partial charge is 0.444 e. The number of hydrogen-bond donors (Lipinski definition) is 2. The van der Waals surface area contributed by atoms with Gasteiger partial charge in [-0.25, -0.2) is 19.0 Å². The van der Waals surface area contributed by atoms with E-state index in [1.54, 1.807) is 18.5 Å². The van der Waals surface area contributed by atoms with Gasteiger partial charge >= 0.3 is 12.1 Å². The number of amides is 3. The fourth-order valence-electron chi connectivity index (χ4n) is 5.82. The van der Waals surface area contributed by atoms with E-state index in [-0.39, 0.29) is 30.1 Å². The van der Waals surface area contributed by atoms with Gasteiger partial charge in [-0.3, -0.25) is 4.90 Å². The van der Waals surface area contributed by atoms with Gasteiger partial charge < -0.3 is 29.6 Å². The fraction of sp³-hybridized carbons (Fsp3) is 0.500. The molecule has 11 heteroatoms. The summed E-state index contributed by atoms with van der Waals surface area (Å²) < 4.78 is 26.6. The highest BCUT2D eigenvalue weighted by Gasteiger charge is 2.26. The number of nitrogens with zero attached hydrogens (tertiary/aromatic N) is 4. The number of likely N-dealkylation sites (tertiary alicyclic amines) is 2. The van der Waals surface area contributed by atoms with Crippen LogP contribution < -0.4 is 10.6 Å². The zero-order valence-electron chi connectivity index (χ0n) is 26.7. The van der Waals surface area contributed by atoms with Crippen LogP contribution in [-0.4, -0.2) is 75.4 Å². The number of piperidine rings is 2. The minimum atomic E-state index is -0.541. The van der Waals surface area contributed by atoms with Gasteiger partial charge in [-0.1, -0.05) is 12.1 Å². The number of ether oxygens (including phenoxy) is 2. The number of halogens is 1. The number of aromatic nitrogens is 2. The van der Waals surface area contributed by atoms with Crippen molar-refractivity contribution in [3.05, 3.63) is 77.6 Å². The lowest BCUT2D eigenvalue weighted by molar-refractivity contribution is 0.00538. The maximum absolute atomic E-state index is 13.3. The Morgan fingerprint density at radius 3 is 2.47 bits per heavy atom. The van der Waals surface area contributed by atoms with Gasteiger partial charge in [0.1, 0.15) is 11.4 Å². The van der Waals surface area contributed by atoms with E-state index in [0.717, 1.165) is 54.7 Å². The number of carbonyl (C=O) groups excluding carboxylic acids is 2. The molecule has 3 heterocycles. The van der Waals surface area contributed by atoms with E-state index in [0.29, 0.717) is 38.5 Å². The fourth-order valence-corrected chi connectivity index (χ4v) is 5.82. The molecule has 2 N–H and O–H groups in total. The maximum Gasteiger partial charge on any atom is 0.407 e. The van der Waals surface area contributed by atoms with Crippen molar-refractivity contribution in [3.63, 3.8) is 0 Å². The molecule has 2 saturated heterocycles. The van der Waals surface area contributed by atoms with Crippen molar-refractivity contribution in [2.24, 2.45) is 0 Å². The van der Waals surface area contributed by atoms with Crippen LogP contribution in [0.15, 0.2) is 55.0 Å². The Morgan fingerprint density at radius 2 is 1.78 bits per heavy atom. The zero-order valence-corrected chi connectivity index (χ0v) is 26.7. The SMILES string of the molecule is Cc1cn(-c2cc(CN3CCC[C@H](NC(=O)OC(C)(C)C)C3)cc(NC(=O)N3CCC(OCc4ccc(F)cc4)CC3)c2)cn1. The van der Waals surface area contributed by atoms with Gasteiger partial charge in [0.05, 0.1) is 24.7 Å². The molecule has 2 fully saturated rings. The maximum atomic E-state index is 13.3. The highest BCUT2D eigenvalue weighted by atomic mass is 19.1. The average molecular weight is 621 g/mol. The third-order valence-corrected chi connectivity index (χ3v) is 8.00. The molecule has 45 heavy (non-hydrogen) atoms. The Labute approximate surface area is 264 Å². The molecule has 2 aliphatic rings. The number of hydrogen-bond acceptors (Lipinski definition) is 6. The van der Waals surface area contributed by atoms with E-state index in [1.165, 1.54) is 12.1 Å². The van der Waals surface area contributed by atoms with Crippen LogP contribution in [0.2, 0.25) is 0 Å². The number of carbonyl (C=O) groups is 2. The van der Waals surface area contributed by atoms with Gasteiger partial charge in [0.15, 0.2) is 0 Å². The minimum Gasteiger partial charge on any atom is -0.444 e. The van der Waals surface area contributed by atoms with Gasteiger partial charge in [-0.05, 0) is 101 Å². The Hall–Kier alpha value is -3.96. The highest BCUT2D eigenvalue weighted by Crippen LogP contribution is 2.24. The summed E-state index contributed by atoms with van der Waals surface area (Å²) in [4.78, 5) is 34.2. The van der Waals surface area contributed by atoms with Crippen molar-refractivity contribution in [1.29, 1.82) is 0 Å². The lowest BCUT2D eigenvalue weighted by Gasteiger charge is -2.34. The third-order valence-electron chi connectivity index (χ3n) is 8.00. The number of aryl methyl sites for hydroxylation is 1. The van der Waals surface area contributed by atoms with Gasteiger partial charge in [-0.15, -0.1) is 0 Å². The molecule has 10 nitrogen and oxygen atoms in total. The van der Waals surface area contributed by atoms with Crippen LogP contribution >= 0.6 is 0 Å². The van der Waals surface area contributed by atoms with Gasteiger partial charge in [0.2, 0.25) is 0 Å². The monoisotopic (exact) mass is 620 g/mol. The molecule has 5 rings (SSSR count). The summed E-state index contributed by atoms with van der Waals surface area (Å²) in [7, 11) is 0. The van der Waals surface area contributed by atoms with Crippen molar-refractivity contribution in [2.75, 3.05) is 31.5 Å². The second kappa shape index (κ2) is 14.4. The molecule has 0 bridgehead atoms.